The maximum Gasteiger partial charge on any atom is 0.253 e. The minimum Gasteiger partial charge on any atom is -0.348 e. The van der Waals surface area contributed by atoms with E-state index in [1.165, 1.54) is 0 Å². The van der Waals surface area contributed by atoms with E-state index in [1.807, 2.05) is 0 Å². The first-order chi connectivity index (χ1) is 9.88. The third-order valence-electron chi connectivity index (χ3n) is 3.12. The van der Waals surface area contributed by atoms with E-state index in [9.17, 15) is 9.18 Å². The summed E-state index contributed by atoms with van der Waals surface area (Å²) in [5.74, 6) is -0.471. The molecule has 0 saturated carbocycles. The molecule has 0 atom stereocenters. The third kappa shape index (κ3) is 3.83. The van der Waals surface area contributed by atoms with Crippen LogP contribution in [0.2, 0.25) is 5.02 Å². The van der Waals surface area contributed by atoms with Crippen molar-refractivity contribution in [1.82, 2.24) is 5.32 Å². The van der Waals surface area contributed by atoms with Gasteiger partial charge in [-0.15, -0.1) is 0 Å². The lowest BCUT2D eigenvalue weighted by Crippen LogP contribution is -2.23. The molecule has 2 aromatic carbocycles. The van der Waals surface area contributed by atoms with Gasteiger partial charge in [-0.1, -0.05) is 39.7 Å². The van der Waals surface area contributed by atoms with Gasteiger partial charge in [-0.3, -0.25) is 4.79 Å². The van der Waals surface area contributed by atoms with Crippen molar-refractivity contribution in [3.8, 4) is 0 Å². The number of nitrogens with one attached hydrogen (secondary N) is 1. The van der Waals surface area contributed by atoms with Gasteiger partial charge in [-0.25, -0.2) is 4.39 Å². The number of aryl methyl sites for hydroxylation is 2. The summed E-state index contributed by atoms with van der Waals surface area (Å²) in [5, 5.41) is 3.18. The van der Waals surface area contributed by atoms with E-state index < -0.39 is 0 Å². The van der Waals surface area contributed by atoms with Crippen LogP contribution < -0.4 is 5.32 Å². The van der Waals surface area contributed by atoms with E-state index >= 15 is 0 Å². The van der Waals surface area contributed by atoms with Crippen LogP contribution in [-0.4, -0.2) is 5.91 Å². The van der Waals surface area contributed by atoms with E-state index in [1.54, 1.807) is 44.2 Å². The molecule has 2 rings (SSSR count). The van der Waals surface area contributed by atoms with Gasteiger partial charge in [-0.2, -0.15) is 0 Å². The maximum absolute atomic E-state index is 13.6. The number of carbonyl (C=O) groups is 1. The van der Waals surface area contributed by atoms with Gasteiger partial charge in [0.15, 0.2) is 0 Å². The normalized spacial score (nSPS) is 10.5. The summed E-state index contributed by atoms with van der Waals surface area (Å²) < 4.78 is 14.3. The Morgan fingerprint density at radius 3 is 2.48 bits per heavy atom. The summed E-state index contributed by atoms with van der Waals surface area (Å²) >= 11 is 9.32. The Hall–Kier alpha value is -1.39. The molecule has 0 aliphatic heterocycles. The van der Waals surface area contributed by atoms with Crippen molar-refractivity contribution < 1.29 is 9.18 Å². The highest BCUT2D eigenvalue weighted by molar-refractivity contribution is 9.10. The number of benzene rings is 2. The lowest BCUT2D eigenvalue weighted by Gasteiger charge is -2.10. The summed E-state index contributed by atoms with van der Waals surface area (Å²) in [6, 6.07) is 8.55. The fourth-order valence-corrected chi connectivity index (χ4v) is 2.65. The molecule has 21 heavy (non-hydrogen) atoms. The molecule has 110 valence electrons. The van der Waals surface area contributed by atoms with Crippen LogP contribution >= 0.6 is 27.5 Å². The van der Waals surface area contributed by atoms with Gasteiger partial charge in [0.05, 0.1) is 10.6 Å². The highest BCUT2D eigenvalue weighted by Gasteiger charge is 2.11. The Kier molecular flexibility index (Phi) is 5.01. The lowest BCUT2D eigenvalue weighted by atomic mass is 10.1. The van der Waals surface area contributed by atoms with Gasteiger partial charge in [0, 0.05) is 11.0 Å². The molecular weight excluding hydrogens is 357 g/mol. The molecule has 1 amide bonds. The highest BCUT2D eigenvalue weighted by Crippen LogP contribution is 2.21. The van der Waals surface area contributed by atoms with Crippen LogP contribution in [0.5, 0.6) is 0 Å². The number of carbonyl (C=O) groups excluding carboxylic acids is 1. The average Bonchev–Trinajstić information content (AvgIpc) is 2.44. The van der Waals surface area contributed by atoms with Gasteiger partial charge >= 0.3 is 0 Å². The van der Waals surface area contributed by atoms with Gasteiger partial charge in [0.25, 0.3) is 5.91 Å². The fraction of sp³-hybridized carbons (Fsp3) is 0.188. The van der Waals surface area contributed by atoms with Crippen molar-refractivity contribution in [2.75, 3.05) is 0 Å². The van der Waals surface area contributed by atoms with Gasteiger partial charge in [0.1, 0.15) is 5.82 Å². The van der Waals surface area contributed by atoms with Crippen molar-refractivity contribution in [1.29, 1.82) is 0 Å². The molecule has 0 aromatic heterocycles. The number of halogens is 3. The molecule has 0 unspecified atom stereocenters. The zero-order valence-electron chi connectivity index (χ0n) is 11.6. The monoisotopic (exact) mass is 369 g/mol. The number of rotatable bonds is 3. The molecule has 0 aliphatic carbocycles. The minimum atomic E-state index is -0.263. The van der Waals surface area contributed by atoms with Crippen LogP contribution in [0.4, 0.5) is 4.39 Å². The molecule has 0 spiro atoms. The number of amides is 1. The molecule has 0 aliphatic rings. The molecule has 0 heterocycles. The third-order valence-corrected chi connectivity index (χ3v) is 3.95. The van der Waals surface area contributed by atoms with E-state index in [0.717, 1.165) is 10.0 Å². The summed E-state index contributed by atoms with van der Waals surface area (Å²) in [7, 11) is 0. The zero-order valence-corrected chi connectivity index (χ0v) is 14.0. The van der Waals surface area contributed by atoms with Crippen LogP contribution in [0, 0.1) is 19.7 Å². The summed E-state index contributed by atoms with van der Waals surface area (Å²) in [6.07, 6.45) is 0. The van der Waals surface area contributed by atoms with E-state index in [4.69, 9.17) is 11.6 Å². The first-order valence-corrected chi connectivity index (χ1v) is 7.54. The number of hydrogen-bond acceptors (Lipinski definition) is 1. The average molecular weight is 371 g/mol. The van der Waals surface area contributed by atoms with Gasteiger partial charge in [0.2, 0.25) is 0 Å². The standard InChI is InChI=1S/C16H14BrClFNO/c1-9-5-11(6-10(2)15(9)19)8-20-16(21)13-7-12(17)3-4-14(13)18/h3-7H,8H2,1-2H3,(H,20,21). The quantitative estimate of drug-likeness (QED) is 0.827. The van der Waals surface area contributed by atoms with Crippen molar-refractivity contribution in [3.63, 3.8) is 0 Å². The topological polar surface area (TPSA) is 29.1 Å². The first-order valence-electron chi connectivity index (χ1n) is 6.37. The van der Waals surface area contributed by atoms with E-state index in [2.05, 4.69) is 21.2 Å². The molecule has 1 N–H and O–H groups in total. The summed E-state index contributed by atoms with van der Waals surface area (Å²) in [5.41, 5.74) is 2.40. The second-order valence-electron chi connectivity index (χ2n) is 4.85. The van der Waals surface area contributed by atoms with E-state index in [-0.39, 0.29) is 11.7 Å². The van der Waals surface area contributed by atoms with Gasteiger partial charge in [-0.05, 0) is 48.7 Å². The molecule has 5 heteroatoms. The largest absolute Gasteiger partial charge is 0.348 e. The predicted octanol–water partition coefficient (Wildman–Crippen LogP) is 4.79. The number of hydrogen-bond donors (Lipinski definition) is 1. The van der Waals surface area contributed by atoms with Crippen molar-refractivity contribution >= 4 is 33.4 Å². The Morgan fingerprint density at radius 1 is 1.24 bits per heavy atom. The van der Waals surface area contributed by atoms with E-state index in [0.29, 0.717) is 28.3 Å². The highest BCUT2D eigenvalue weighted by atomic mass is 79.9. The van der Waals surface area contributed by atoms with Crippen molar-refractivity contribution in [2.45, 2.75) is 20.4 Å². The van der Waals surface area contributed by atoms with Gasteiger partial charge < -0.3 is 5.32 Å². The fourth-order valence-electron chi connectivity index (χ4n) is 2.09. The molecule has 0 fully saturated rings. The summed E-state index contributed by atoms with van der Waals surface area (Å²) in [6.45, 7) is 3.74. The van der Waals surface area contributed by atoms with Crippen LogP contribution in [0.25, 0.3) is 0 Å². The lowest BCUT2D eigenvalue weighted by molar-refractivity contribution is 0.0951. The SMILES string of the molecule is Cc1cc(CNC(=O)c2cc(Br)ccc2Cl)cc(C)c1F. The predicted molar refractivity (Wildman–Crippen MR) is 86.2 cm³/mol. The maximum atomic E-state index is 13.6. The smallest absolute Gasteiger partial charge is 0.253 e. The molecule has 0 bridgehead atoms. The Labute approximate surface area is 136 Å². The van der Waals surface area contributed by atoms with Crippen molar-refractivity contribution in [3.05, 3.63) is 67.9 Å². The molecule has 0 radical (unpaired) electrons. The Bertz CT molecular complexity index is 680. The van der Waals surface area contributed by atoms with Crippen LogP contribution in [-0.2, 0) is 6.54 Å². The molecule has 0 saturated heterocycles. The van der Waals surface area contributed by atoms with Crippen molar-refractivity contribution in [2.24, 2.45) is 0 Å². The Morgan fingerprint density at radius 2 is 1.86 bits per heavy atom. The second-order valence-corrected chi connectivity index (χ2v) is 6.17. The molecular formula is C16H14BrClFNO. The first kappa shape index (κ1) is 16.0. The van der Waals surface area contributed by atoms with Crippen LogP contribution in [0.3, 0.4) is 0 Å². The zero-order chi connectivity index (χ0) is 15.6. The van der Waals surface area contributed by atoms with Crippen LogP contribution in [0.15, 0.2) is 34.8 Å². The summed E-state index contributed by atoms with van der Waals surface area (Å²) in [4.78, 5) is 12.1. The minimum absolute atomic E-state index is 0.208. The molecule has 2 aromatic rings. The Balaban J connectivity index is 2.13. The molecule has 2 nitrogen and oxygen atoms in total. The van der Waals surface area contributed by atoms with Crippen LogP contribution in [0.1, 0.15) is 27.0 Å². The second kappa shape index (κ2) is 6.58.